The molecule has 84 valence electrons. The average Bonchev–Trinajstić information content (AvgIpc) is 2.18. The Bertz CT molecular complexity index is 227. The second kappa shape index (κ2) is 8.99. The summed E-state index contributed by atoms with van der Waals surface area (Å²) in [5.74, 6) is -1.14. The van der Waals surface area contributed by atoms with Crippen molar-refractivity contribution in [2.75, 3.05) is 13.2 Å². The van der Waals surface area contributed by atoms with Crippen LogP contribution in [0, 0.1) is 0 Å². The molecule has 4 heteroatoms. The highest BCUT2D eigenvalue weighted by molar-refractivity contribution is 5.91. The molecule has 4 nitrogen and oxygen atoms in total. The Kier molecular flexibility index (Phi) is 8.05. The third kappa shape index (κ3) is 8.74. The quantitative estimate of drug-likeness (QED) is 0.381. The summed E-state index contributed by atoms with van der Waals surface area (Å²) in [6, 6.07) is 0. The van der Waals surface area contributed by atoms with Crippen LogP contribution in [0.3, 0.4) is 0 Å². The normalized spacial score (nSPS) is 10.8. The van der Waals surface area contributed by atoms with Crippen molar-refractivity contribution in [2.45, 2.75) is 20.3 Å². The summed E-state index contributed by atoms with van der Waals surface area (Å²) in [4.78, 5) is 22.0. The summed E-state index contributed by atoms with van der Waals surface area (Å²) in [6.45, 7) is 4.02. The van der Waals surface area contributed by atoms with Gasteiger partial charge in [0.2, 0.25) is 0 Å². The van der Waals surface area contributed by atoms with Crippen LogP contribution >= 0.6 is 0 Å². The first-order valence-electron chi connectivity index (χ1n) is 4.74. The number of carbonyl (C=O) groups is 2. The van der Waals surface area contributed by atoms with Crippen LogP contribution in [-0.2, 0) is 19.1 Å². The van der Waals surface area contributed by atoms with Gasteiger partial charge >= 0.3 is 11.9 Å². The van der Waals surface area contributed by atoms with Gasteiger partial charge in [-0.25, -0.2) is 0 Å². The SMILES string of the molecule is CC=CCOC(=O)CC(=O)OCC=CC. The Labute approximate surface area is 89.6 Å². The number of ether oxygens (including phenoxy) is 2. The van der Waals surface area contributed by atoms with Crippen molar-refractivity contribution in [1.82, 2.24) is 0 Å². The van der Waals surface area contributed by atoms with E-state index in [-0.39, 0.29) is 19.6 Å². The van der Waals surface area contributed by atoms with Gasteiger partial charge in [-0.2, -0.15) is 0 Å². The molecule has 0 aliphatic heterocycles. The molecule has 0 aromatic rings. The van der Waals surface area contributed by atoms with E-state index in [0.29, 0.717) is 0 Å². The lowest BCUT2D eigenvalue weighted by Gasteiger charge is -2.01. The van der Waals surface area contributed by atoms with E-state index in [4.69, 9.17) is 9.47 Å². The van der Waals surface area contributed by atoms with Crippen molar-refractivity contribution in [3.8, 4) is 0 Å². The van der Waals surface area contributed by atoms with Gasteiger partial charge in [0.15, 0.2) is 0 Å². The monoisotopic (exact) mass is 212 g/mol. The van der Waals surface area contributed by atoms with E-state index in [0.717, 1.165) is 0 Å². The number of esters is 2. The fraction of sp³-hybridized carbons (Fsp3) is 0.455. The molecule has 0 saturated carbocycles. The molecule has 0 heterocycles. The first kappa shape index (κ1) is 13.4. The Balaban J connectivity index is 3.62. The third-order valence-electron chi connectivity index (χ3n) is 1.44. The predicted octanol–water partition coefficient (Wildman–Crippen LogP) is 1.62. The topological polar surface area (TPSA) is 52.6 Å². The van der Waals surface area contributed by atoms with Crippen molar-refractivity contribution >= 4 is 11.9 Å². The zero-order valence-electron chi connectivity index (χ0n) is 9.06. The third-order valence-corrected chi connectivity index (χ3v) is 1.44. The number of carbonyl (C=O) groups excluding carboxylic acids is 2. The van der Waals surface area contributed by atoms with Crippen LogP contribution in [0.1, 0.15) is 20.3 Å². The van der Waals surface area contributed by atoms with Crippen LogP contribution in [0.15, 0.2) is 24.3 Å². The fourth-order valence-corrected chi connectivity index (χ4v) is 0.694. The van der Waals surface area contributed by atoms with Gasteiger partial charge in [0.05, 0.1) is 0 Å². The lowest BCUT2D eigenvalue weighted by Crippen LogP contribution is -2.14. The zero-order chi connectivity index (χ0) is 11.5. The molecule has 0 spiro atoms. The number of rotatable bonds is 6. The van der Waals surface area contributed by atoms with E-state index >= 15 is 0 Å². The van der Waals surface area contributed by atoms with E-state index in [9.17, 15) is 9.59 Å². The summed E-state index contributed by atoms with van der Waals surface area (Å²) >= 11 is 0. The van der Waals surface area contributed by atoms with Crippen LogP contribution in [0.4, 0.5) is 0 Å². The predicted molar refractivity (Wildman–Crippen MR) is 56.2 cm³/mol. The molecule has 0 aliphatic rings. The minimum atomic E-state index is -0.571. The van der Waals surface area contributed by atoms with Crippen molar-refractivity contribution in [3.63, 3.8) is 0 Å². The summed E-state index contributed by atoms with van der Waals surface area (Å²) in [5, 5.41) is 0. The summed E-state index contributed by atoms with van der Waals surface area (Å²) < 4.78 is 9.43. The van der Waals surface area contributed by atoms with Crippen molar-refractivity contribution in [3.05, 3.63) is 24.3 Å². The fourth-order valence-electron chi connectivity index (χ4n) is 0.694. The minimum Gasteiger partial charge on any atom is -0.461 e. The molecule has 0 radical (unpaired) electrons. The molecule has 0 N–H and O–H groups in total. The van der Waals surface area contributed by atoms with Gasteiger partial charge < -0.3 is 9.47 Å². The smallest absolute Gasteiger partial charge is 0.317 e. The highest BCUT2D eigenvalue weighted by Crippen LogP contribution is 1.92. The van der Waals surface area contributed by atoms with Crippen molar-refractivity contribution in [2.24, 2.45) is 0 Å². The first-order valence-corrected chi connectivity index (χ1v) is 4.74. The number of allylic oxidation sites excluding steroid dienone is 2. The second-order valence-corrected chi connectivity index (χ2v) is 2.68. The molecule has 0 aromatic heterocycles. The largest absolute Gasteiger partial charge is 0.461 e. The molecule has 0 aliphatic carbocycles. The standard InChI is InChI=1S/C11H16O4/c1-3-5-7-14-10(12)9-11(13)15-8-6-4-2/h3-6H,7-9H2,1-2H3. The van der Waals surface area contributed by atoms with Gasteiger partial charge in [-0.3, -0.25) is 9.59 Å². The van der Waals surface area contributed by atoms with Gasteiger partial charge in [-0.1, -0.05) is 24.3 Å². The van der Waals surface area contributed by atoms with Crippen molar-refractivity contribution < 1.29 is 19.1 Å². The summed E-state index contributed by atoms with van der Waals surface area (Å²) in [6.07, 6.45) is 6.55. The summed E-state index contributed by atoms with van der Waals surface area (Å²) in [7, 11) is 0. The Hall–Kier alpha value is -1.58. The van der Waals surface area contributed by atoms with Gasteiger partial charge in [-0.15, -0.1) is 0 Å². The maximum atomic E-state index is 11.0. The molecule has 0 atom stereocenters. The molecule has 0 unspecified atom stereocenters. The molecule has 0 rings (SSSR count). The van der Waals surface area contributed by atoms with Gasteiger partial charge in [0.1, 0.15) is 19.6 Å². The highest BCUT2D eigenvalue weighted by atomic mass is 16.6. The van der Waals surface area contributed by atoms with Gasteiger partial charge in [0, 0.05) is 0 Å². The first-order chi connectivity index (χ1) is 7.20. The second-order valence-electron chi connectivity index (χ2n) is 2.68. The Morgan fingerprint density at radius 2 is 1.33 bits per heavy atom. The van der Waals surface area contributed by atoms with Gasteiger partial charge in [0.25, 0.3) is 0 Å². The minimum absolute atomic E-state index is 0.192. The lowest BCUT2D eigenvalue weighted by atomic mass is 10.4. The molecule has 0 saturated heterocycles. The van der Waals surface area contributed by atoms with E-state index in [1.807, 2.05) is 13.8 Å². The molecular weight excluding hydrogens is 196 g/mol. The molecule has 0 fully saturated rings. The summed E-state index contributed by atoms with van der Waals surface area (Å²) in [5.41, 5.74) is 0. The highest BCUT2D eigenvalue weighted by Gasteiger charge is 2.10. The zero-order valence-corrected chi connectivity index (χ0v) is 9.06. The van der Waals surface area contributed by atoms with Crippen LogP contribution in [0.5, 0.6) is 0 Å². The average molecular weight is 212 g/mol. The van der Waals surface area contributed by atoms with Gasteiger partial charge in [-0.05, 0) is 13.8 Å². The molecular formula is C11H16O4. The van der Waals surface area contributed by atoms with E-state index in [2.05, 4.69) is 0 Å². The van der Waals surface area contributed by atoms with Crippen LogP contribution in [-0.4, -0.2) is 25.2 Å². The maximum absolute atomic E-state index is 11.0. The number of hydrogen-bond acceptors (Lipinski definition) is 4. The van der Waals surface area contributed by atoms with Crippen LogP contribution in [0.2, 0.25) is 0 Å². The molecule has 0 amide bonds. The van der Waals surface area contributed by atoms with E-state index < -0.39 is 11.9 Å². The lowest BCUT2D eigenvalue weighted by molar-refractivity contribution is -0.153. The van der Waals surface area contributed by atoms with Crippen LogP contribution in [0.25, 0.3) is 0 Å². The number of hydrogen-bond donors (Lipinski definition) is 0. The Morgan fingerprint density at radius 3 is 1.67 bits per heavy atom. The maximum Gasteiger partial charge on any atom is 0.317 e. The Morgan fingerprint density at radius 1 is 0.933 bits per heavy atom. The van der Waals surface area contributed by atoms with Crippen molar-refractivity contribution in [1.29, 1.82) is 0 Å². The molecule has 0 aromatic carbocycles. The van der Waals surface area contributed by atoms with E-state index in [1.54, 1.807) is 24.3 Å². The molecule has 15 heavy (non-hydrogen) atoms. The van der Waals surface area contributed by atoms with E-state index in [1.165, 1.54) is 0 Å². The van der Waals surface area contributed by atoms with Crippen LogP contribution < -0.4 is 0 Å². The molecule has 0 bridgehead atoms.